The highest BCUT2D eigenvalue weighted by Gasteiger charge is 2.44. The molecule has 514 valence electrons. The zero-order valence-electron chi connectivity index (χ0n) is 62.4. The quantitative estimate of drug-likeness (QED) is 0.152. The predicted molar refractivity (Wildman–Crippen MR) is 444 cm³/mol. The van der Waals surface area contributed by atoms with Crippen molar-refractivity contribution in [2.24, 2.45) is 4.99 Å². The summed E-state index contributed by atoms with van der Waals surface area (Å²) in [6.07, 6.45) is 0. The Balaban J connectivity index is 0.973. The molecule has 1 aliphatic carbocycles. The maximum Gasteiger partial charge on any atom is 0.126 e. The molecule has 2 aliphatic heterocycles. The van der Waals surface area contributed by atoms with E-state index in [2.05, 4.69) is 387 Å². The molecule has 3 aromatic heterocycles. The van der Waals surface area contributed by atoms with Gasteiger partial charge in [0.25, 0.3) is 0 Å². The predicted octanol–water partition coefficient (Wildman–Crippen LogP) is 26.4. The van der Waals surface area contributed by atoms with E-state index in [0.717, 1.165) is 128 Å². The number of aromatic nitrogens is 3. The van der Waals surface area contributed by atoms with Crippen molar-refractivity contribution in [1.29, 1.82) is 5.26 Å². The molecule has 0 bridgehead atoms. The Kier molecular flexibility index (Phi) is 14.4. The Labute approximate surface area is 621 Å². The number of imidazole rings is 1. The topological polar surface area (TPSA) is 53.7 Å². The van der Waals surface area contributed by atoms with Crippen LogP contribution in [0.25, 0.3) is 116 Å². The summed E-state index contributed by atoms with van der Waals surface area (Å²) in [5, 5.41) is 16.8. The molecule has 1 atom stereocenters. The molecule has 6 nitrogen and oxygen atoms in total. The fraction of sp³-hybridized carbons (Fsp3) is 0.180. The number of benzene rings is 13. The first-order valence-electron chi connectivity index (χ1n) is 37.5. The summed E-state index contributed by atoms with van der Waals surface area (Å²) in [7, 11) is 0. The van der Waals surface area contributed by atoms with Gasteiger partial charge in [0, 0.05) is 39.0 Å². The smallest absolute Gasteiger partial charge is 0.126 e. The number of rotatable bonds is 8. The molecule has 1 unspecified atom stereocenters. The van der Waals surface area contributed by atoms with Crippen LogP contribution in [0.5, 0.6) is 0 Å². The van der Waals surface area contributed by atoms with Gasteiger partial charge >= 0.3 is 0 Å². The molecule has 0 saturated carbocycles. The number of hydrogen-bond donors (Lipinski definition) is 0. The summed E-state index contributed by atoms with van der Waals surface area (Å²) in [5.74, 6) is 0.441. The van der Waals surface area contributed by atoms with Crippen molar-refractivity contribution < 1.29 is 0 Å². The van der Waals surface area contributed by atoms with E-state index in [1.807, 2.05) is 0 Å². The lowest BCUT2D eigenvalue weighted by molar-refractivity contribution is 0.589. The minimum Gasteiger partial charge on any atom is -0.307 e. The van der Waals surface area contributed by atoms with Gasteiger partial charge in [0.15, 0.2) is 0 Å². The molecular formula is C100H84N6. The fourth-order valence-electron chi connectivity index (χ4n) is 17.6. The standard InChI is InChI=1S/C100H84N6/c1-97(2,3)67-38-42-73-77(54-67)78-55-68(98(4,5)6)39-43-74(78)92(73)93-75(64-36-45-87-82(50-64)94-81-49-62(60-25-17-13-18-26-60)35-44-84(81)102-96(94)104(87)72-31-23-16-24-32-72)58-76(95(83(93)59-101)106-85-47-40-69(99(7,8)9)56-79(85)80-57-70(100(10,11)12)41-48-86(80)106)65-37-46-88-90(52-65)105-89-51-63(61-27-19-14-20-28-61)33-34-66(89)53-91(105)103(88)71-29-21-15-22-30-71/h13-58,92,94H,1-12H3. The van der Waals surface area contributed by atoms with Crippen molar-refractivity contribution in [3.63, 3.8) is 0 Å². The van der Waals surface area contributed by atoms with Gasteiger partial charge in [0.05, 0.1) is 56.1 Å². The van der Waals surface area contributed by atoms with Crippen LogP contribution in [0, 0.1) is 11.3 Å². The molecule has 0 amide bonds. The minimum absolute atomic E-state index is 0.129. The van der Waals surface area contributed by atoms with Crippen LogP contribution in [0.4, 0.5) is 17.1 Å². The molecule has 3 aliphatic rings. The zero-order chi connectivity index (χ0) is 72.6. The van der Waals surface area contributed by atoms with E-state index < -0.39 is 0 Å². The third kappa shape index (κ3) is 10.1. The Morgan fingerprint density at radius 3 is 1.40 bits per heavy atom. The molecular weight excluding hydrogens is 1290 g/mol. The zero-order valence-corrected chi connectivity index (χ0v) is 62.4. The number of hydrogen-bond acceptors (Lipinski definition) is 3. The van der Waals surface area contributed by atoms with Crippen LogP contribution in [0.3, 0.4) is 0 Å². The van der Waals surface area contributed by atoms with Crippen LogP contribution in [-0.2, 0) is 21.7 Å². The minimum atomic E-state index is -0.363. The highest BCUT2D eigenvalue weighted by molar-refractivity contribution is 6.19. The second-order valence-corrected chi connectivity index (χ2v) is 33.9. The average Bonchev–Trinajstić information content (AvgIpc) is 1.52. The SMILES string of the molecule is CC(C)(C)c1ccc2c(c1)-c1cc(C(C)(C)C)ccc1C2c1c(-c2ccc3c(c2)C2C(=Nc4ccc(-c5ccccc5)cc42)N3c2ccccc2)cc(-c2ccc3c(c2)n2c4cc(-c5ccccc5)ccc4cc2n3-c2ccccc2)c(-n2c3ccc(C(C)(C)C)cc3c3cc(C(C)(C)C)ccc32)c1C#N. The van der Waals surface area contributed by atoms with Crippen LogP contribution >= 0.6 is 0 Å². The Morgan fingerprint density at radius 2 is 0.821 bits per heavy atom. The van der Waals surface area contributed by atoms with E-state index in [1.165, 1.54) is 61.2 Å². The van der Waals surface area contributed by atoms with E-state index in [-0.39, 0.29) is 33.5 Å². The van der Waals surface area contributed by atoms with Gasteiger partial charge in [-0.05, 0) is 225 Å². The second kappa shape index (κ2) is 23.5. The van der Waals surface area contributed by atoms with Gasteiger partial charge in [-0.2, -0.15) is 5.26 Å². The normalized spacial score (nSPS) is 14.3. The Bertz CT molecular complexity index is 6290. The monoisotopic (exact) mass is 1370 g/mol. The molecule has 0 N–H and O–H groups in total. The maximum atomic E-state index is 13.4. The Morgan fingerprint density at radius 1 is 0.340 bits per heavy atom. The summed E-state index contributed by atoms with van der Waals surface area (Å²) in [5.41, 5.74) is 33.4. The largest absolute Gasteiger partial charge is 0.307 e. The molecule has 5 heterocycles. The van der Waals surface area contributed by atoms with Crippen molar-refractivity contribution in [3.05, 3.63) is 335 Å². The van der Waals surface area contributed by atoms with Crippen LogP contribution in [0.15, 0.2) is 284 Å². The van der Waals surface area contributed by atoms with E-state index in [0.29, 0.717) is 5.56 Å². The van der Waals surface area contributed by atoms with Crippen molar-refractivity contribution in [2.75, 3.05) is 4.90 Å². The van der Waals surface area contributed by atoms with E-state index in [9.17, 15) is 5.26 Å². The third-order valence-corrected chi connectivity index (χ3v) is 23.2. The number of fused-ring (bicyclic) bond motifs is 16. The van der Waals surface area contributed by atoms with Gasteiger partial charge in [-0.1, -0.05) is 259 Å². The van der Waals surface area contributed by atoms with E-state index in [4.69, 9.17) is 4.99 Å². The van der Waals surface area contributed by atoms with Gasteiger partial charge in [0.1, 0.15) is 17.6 Å². The summed E-state index contributed by atoms with van der Waals surface area (Å²) in [6.45, 7) is 27.8. The lowest BCUT2D eigenvalue weighted by Gasteiger charge is -2.27. The van der Waals surface area contributed by atoms with Gasteiger partial charge in [-0.15, -0.1) is 0 Å². The number of para-hydroxylation sites is 2. The number of amidine groups is 1. The first-order valence-corrected chi connectivity index (χ1v) is 37.5. The van der Waals surface area contributed by atoms with Gasteiger partial charge in [0.2, 0.25) is 0 Å². The molecule has 0 saturated heterocycles. The number of nitrogens with zero attached hydrogens (tertiary/aromatic N) is 6. The molecule has 16 aromatic rings. The van der Waals surface area contributed by atoms with Crippen molar-refractivity contribution >= 4 is 72.3 Å². The molecule has 19 rings (SSSR count). The third-order valence-electron chi connectivity index (χ3n) is 23.2. The van der Waals surface area contributed by atoms with Gasteiger partial charge in [-0.25, -0.2) is 4.99 Å². The van der Waals surface area contributed by atoms with E-state index in [1.54, 1.807) is 0 Å². The van der Waals surface area contributed by atoms with Crippen LogP contribution in [-0.4, -0.2) is 19.4 Å². The van der Waals surface area contributed by atoms with Crippen molar-refractivity contribution in [2.45, 2.75) is 117 Å². The summed E-state index contributed by atoms with van der Waals surface area (Å²) >= 11 is 0. The first kappa shape index (κ1) is 64.8. The Hall–Kier alpha value is -12.0. The summed E-state index contributed by atoms with van der Waals surface area (Å²) < 4.78 is 7.38. The number of aliphatic imine (C=N–C) groups is 1. The lowest BCUT2D eigenvalue weighted by Crippen LogP contribution is -2.22. The molecule has 0 spiro atoms. The molecule has 6 heteroatoms. The van der Waals surface area contributed by atoms with Crippen molar-refractivity contribution in [3.8, 4) is 73.1 Å². The highest BCUT2D eigenvalue weighted by atomic mass is 15.2. The average molecular weight is 1370 g/mol. The van der Waals surface area contributed by atoms with Crippen molar-refractivity contribution in [1.82, 2.24) is 13.5 Å². The second-order valence-electron chi connectivity index (χ2n) is 33.9. The molecule has 106 heavy (non-hydrogen) atoms. The van der Waals surface area contributed by atoms with Crippen LogP contribution < -0.4 is 4.90 Å². The molecule has 0 fully saturated rings. The molecule has 0 radical (unpaired) electrons. The fourth-order valence-corrected chi connectivity index (χ4v) is 17.6. The summed E-state index contributed by atoms with van der Waals surface area (Å²) in [6, 6.07) is 108. The molecule has 13 aromatic carbocycles. The van der Waals surface area contributed by atoms with Crippen LogP contribution in [0.1, 0.15) is 151 Å². The summed E-state index contributed by atoms with van der Waals surface area (Å²) in [4.78, 5) is 7.99. The maximum absolute atomic E-state index is 13.4. The van der Waals surface area contributed by atoms with Crippen LogP contribution in [0.2, 0.25) is 0 Å². The highest BCUT2D eigenvalue weighted by Crippen LogP contribution is 2.58. The first-order chi connectivity index (χ1) is 51.0. The van der Waals surface area contributed by atoms with Gasteiger partial charge < -0.3 is 4.57 Å². The van der Waals surface area contributed by atoms with E-state index >= 15 is 0 Å². The lowest BCUT2D eigenvalue weighted by atomic mass is 9.77. The number of nitriles is 1. The number of anilines is 2. The van der Waals surface area contributed by atoms with Gasteiger partial charge in [-0.3, -0.25) is 13.9 Å².